The number of allylic oxidation sites excluding steroid dienone is 2. The molecule has 0 aliphatic carbocycles. The zero-order valence-electron chi connectivity index (χ0n) is 12.5. The molecule has 0 bridgehead atoms. The molecule has 1 heteroatoms. The van der Waals surface area contributed by atoms with E-state index < -0.39 is 0 Å². The fourth-order valence-corrected chi connectivity index (χ4v) is 2.02. The maximum Gasteiger partial charge on any atom is 0.0201 e. The molecule has 0 spiro atoms. The van der Waals surface area contributed by atoms with Gasteiger partial charge in [0.2, 0.25) is 0 Å². The van der Waals surface area contributed by atoms with E-state index in [0.717, 1.165) is 6.54 Å². The predicted octanol–water partition coefficient (Wildman–Crippen LogP) is 4.66. The lowest BCUT2D eigenvalue weighted by molar-refractivity contribution is 0.216. The number of hydrogen-bond donors (Lipinski definition) is 0. The molecule has 1 nitrogen and oxygen atoms in total. The average Bonchev–Trinajstić information content (AvgIpc) is 2.35. The lowest BCUT2D eigenvalue weighted by atomic mass is 9.96. The fraction of sp³-hybridized carbons (Fsp3) is 0.750. The summed E-state index contributed by atoms with van der Waals surface area (Å²) in [7, 11) is 0. The molecule has 0 aliphatic heterocycles. The highest BCUT2D eigenvalue weighted by atomic mass is 15.1. The van der Waals surface area contributed by atoms with Gasteiger partial charge in [-0.2, -0.15) is 0 Å². The minimum Gasteiger partial charge on any atom is -0.297 e. The van der Waals surface area contributed by atoms with Gasteiger partial charge in [-0.15, -0.1) is 0 Å². The van der Waals surface area contributed by atoms with E-state index in [0.29, 0.717) is 12.0 Å². The van der Waals surface area contributed by atoms with Crippen LogP contribution in [0.3, 0.4) is 0 Å². The normalized spacial score (nSPS) is 16.0. The van der Waals surface area contributed by atoms with Crippen LogP contribution in [-0.4, -0.2) is 24.0 Å². The van der Waals surface area contributed by atoms with Crippen molar-refractivity contribution in [1.29, 1.82) is 0 Å². The van der Waals surface area contributed by atoms with Crippen molar-refractivity contribution in [2.45, 2.75) is 59.9 Å². The van der Waals surface area contributed by atoms with Crippen LogP contribution < -0.4 is 0 Å². The second-order valence-corrected chi connectivity index (χ2v) is 5.01. The van der Waals surface area contributed by atoms with E-state index >= 15 is 0 Å². The van der Waals surface area contributed by atoms with E-state index in [1.807, 2.05) is 6.08 Å². The van der Waals surface area contributed by atoms with E-state index in [1.165, 1.54) is 31.4 Å². The molecule has 0 rings (SSSR count). The van der Waals surface area contributed by atoms with Gasteiger partial charge in [-0.3, -0.25) is 4.90 Å². The molecule has 0 aromatic heterocycles. The van der Waals surface area contributed by atoms with Crippen LogP contribution in [0.1, 0.15) is 53.9 Å². The second kappa shape index (κ2) is 9.47. The quantitative estimate of drug-likeness (QED) is 0.527. The molecule has 0 aliphatic rings. The number of rotatable bonds is 9. The molecule has 2 unspecified atom stereocenters. The van der Waals surface area contributed by atoms with Crippen LogP contribution in [0.5, 0.6) is 0 Å². The summed E-state index contributed by atoms with van der Waals surface area (Å²) in [5, 5.41) is 0. The first-order chi connectivity index (χ1) is 8.10. The summed E-state index contributed by atoms with van der Waals surface area (Å²) < 4.78 is 0. The van der Waals surface area contributed by atoms with Gasteiger partial charge in [0.1, 0.15) is 0 Å². The Morgan fingerprint density at radius 3 is 2.24 bits per heavy atom. The van der Waals surface area contributed by atoms with Crippen LogP contribution in [0.25, 0.3) is 0 Å². The molecule has 2 atom stereocenters. The monoisotopic (exact) mass is 237 g/mol. The number of nitrogens with zero attached hydrogens (tertiary/aromatic N) is 1. The van der Waals surface area contributed by atoms with Crippen molar-refractivity contribution in [2.24, 2.45) is 5.92 Å². The second-order valence-electron chi connectivity index (χ2n) is 5.01. The third kappa shape index (κ3) is 6.07. The van der Waals surface area contributed by atoms with E-state index in [4.69, 9.17) is 0 Å². The Balaban J connectivity index is 4.67. The van der Waals surface area contributed by atoms with Crippen molar-refractivity contribution in [3.8, 4) is 0 Å². The minimum absolute atomic E-state index is 0.663. The van der Waals surface area contributed by atoms with Gasteiger partial charge in [-0.05, 0) is 38.6 Å². The van der Waals surface area contributed by atoms with Crippen molar-refractivity contribution in [1.82, 2.24) is 4.90 Å². The minimum atomic E-state index is 0.663. The molecule has 0 N–H and O–H groups in total. The van der Waals surface area contributed by atoms with Crippen molar-refractivity contribution >= 4 is 0 Å². The molecule has 0 aromatic carbocycles. The largest absolute Gasteiger partial charge is 0.297 e. The van der Waals surface area contributed by atoms with Crippen molar-refractivity contribution in [3.05, 3.63) is 24.3 Å². The van der Waals surface area contributed by atoms with Gasteiger partial charge in [0.15, 0.2) is 0 Å². The summed E-state index contributed by atoms with van der Waals surface area (Å²) in [5.74, 6) is 0.663. The Hall–Kier alpha value is -0.560. The maximum atomic E-state index is 3.84. The molecule has 17 heavy (non-hydrogen) atoms. The van der Waals surface area contributed by atoms with Crippen LogP contribution in [0, 0.1) is 5.92 Å². The van der Waals surface area contributed by atoms with Gasteiger partial charge in [0.05, 0.1) is 0 Å². The van der Waals surface area contributed by atoms with E-state index in [2.05, 4.69) is 52.2 Å². The predicted molar refractivity (Wildman–Crippen MR) is 79.4 cm³/mol. The van der Waals surface area contributed by atoms with Gasteiger partial charge in [0.25, 0.3) is 0 Å². The van der Waals surface area contributed by atoms with E-state index in [9.17, 15) is 0 Å². The molecule has 100 valence electrons. The smallest absolute Gasteiger partial charge is 0.0201 e. The van der Waals surface area contributed by atoms with E-state index in [-0.39, 0.29) is 0 Å². The third-order valence-corrected chi connectivity index (χ3v) is 3.69. The van der Waals surface area contributed by atoms with Gasteiger partial charge >= 0.3 is 0 Å². The molecule has 0 amide bonds. The van der Waals surface area contributed by atoms with Gasteiger partial charge < -0.3 is 0 Å². The van der Waals surface area contributed by atoms with E-state index in [1.54, 1.807) is 0 Å². The highest BCUT2D eigenvalue weighted by molar-refractivity contribution is 5.15. The first-order valence-corrected chi connectivity index (χ1v) is 7.16. The highest BCUT2D eigenvalue weighted by Crippen LogP contribution is 2.18. The third-order valence-electron chi connectivity index (χ3n) is 3.69. The average molecular weight is 237 g/mol. The molecule has 0 heterocycles. The molecule has 0 radical (unpaired) electrons. The van der Waals surface area contributed by atoms with Crippen LogP contribution in [0.4, 0.5) is 0 Å². The molecular weight excluding hydrogens is 206 g/mol. The SMILES string of the molecule is C=C/C=C(/CN(CCC)C(C)CC)C(C)CC. The Morgan fingerprint density at radius 2 is 1.82 bits per heavy atom. The molecular formula is C16H31N. The summed E-state index contributed by atoms with van der Waals surface area (Å²) in [6.45, 7) is 17.6. The summed E-state index contributed by atoms with van der Waals surface area (Å²) >= 11 is 0. The number of hydrogen-bond acceptors (Lipinski definition) is 1. The van der Waals surface area contributed by atoms with Gasteiger partial charge in [-0.1, -0.05) is 52.0 Å². The Morgan fingerprint density at radius 1 is 1.18 bits per heavy atom. The lowest BCUT2D eigenvalue weighted by Gasteiger charge is -2.30. The topological polar surface area (TPSA) is 3.24 Å². The van der Waals surface area contributed by atoms with Crippen LogP contribution in [0.2, 0.25) is 0 Å². The van der Waals surface area contributed by atoms with Gasteiger partial charge in [-0.25, -0.2) is 0 Å². The Labute approximate surface area is 109 Å². The Kier molecular flexibility index (Phi) is 9.16. The zero-order chi connectivity index (χ0) is 13.3. The van der Waals surface area contributed by atoms with Crippen LogP contribution in [0.15, 0.2) is 24.3 Å². The lowest BCUT2D eigenvalue weighted by Crippen LogP contribution is -2.35. The fourth-order valence-electron chi connectivity index (χ4n) is 2.02. The summed E-state index contributed by atoms with van der Waals surface area (Å²) in [5.41, 5.74) is 1.52. The Bertz CT molecular complexity index is 230. The van der Waals surface area contributed by atoms with Gasteiger partial charge in [0, 0.05) is 12.6 Å². The summed E-state index contributed by atoms with van der Waals surface area (Å²) in [6, 6.07) is 0.673. The molecule has 0 saturated heterocycles. The first-order valence-electron chi connectivity index (χ1n) is 7.16. The highest BCUT2D eigenvalue weighted by Gasteiger charge is 2.15. The van der Waals surface area contributed by atoms with Crippen molar-refractivity contribution in [2.75, 3.05) is 13.1 Å². The standard InChI is InChI=1S/C16H31N/c1-7-11-16(14(5)9-3)13-17(12-8-2)15(6)10-4/h7,11,14-15H,1,8-10,12-13H2,2-6H3/b16-11-. The summed E-state index contributed by atoms with van der Waals surface area (Å²) in [4.78, 5) is 2.60. The molecule has 0 saturated carbocycles. The van der Waals surface area contributed by atoms with Crippen LogP contribution in [-0.2, 0) is 0 Å². The van der Waals surface area contributed by atoms with Crippen molar-refractivity contribution < 1.29 is 0 Å². The zero-order valence-corrected chi connectivity index (χ0v) is 12.5. The summed E-state index contributed by atoms with van der Waals surface area (Å²) in [6.07, 6.45) is 7.80. The van der Waals surface area contributed by atoms with Crippen molar-refractivity contribution in [3.63, 3.8) is 0 Å². The maximum absolute atomic E-state index is 3.84. The molecule has 0 aromatic rings. The molecule has 0 fully saturated rings. The van der Waals surface area contributed by atoms with Crippen LogP contribution >= 0.6 is 0 Å². The first kappa shape index (κ1) is 16.4.